The van der Waals surface area contributed by atoms with Crippen molar-refractivity contribution in [3.63, 3.8) is 0 Å². The van der Waals surface area contributed by atoms with Crippen LogP contribution in [0.3, 0.4) is 0 Å². The van der Waals surface area contributed by atoms with E-state index in [1.54, 1.807) is 12.1 Å². The van der Waals surface area contributed by atoms with Crippen LogP contribution < -0.4 is 0 Å². The molecular weight excluding hydrogens is 344 g/mol. The maximum atomic E-state index is 10.5. The predicted octanol–water partition coefficient (Wildman–Crippen LogP) is 3.77. The van der Waals surface area contributed by atoms with Crippen molar-refractivity contribution < 1.29 is 9.45 Å². The van der Waals surface area contributed by atoms with Crippen LogP contribution in [-0.4, -0.2) is 10.1 Å². The monoisotopic (exact) mass is 346 g/mol. The molecule has 0 saturated heterocycles. The number of benzene rings is 1. The van der Waals surface area contributed by atoms with Gasteiger partial charge in [0.05, 0.1) is 9.40 Å². The summed E-state index contributed by atoms with van der Waals surface area (Å²) in [5.74, 6) is 0. The molecule has 0 bridgehead atoms. The van der Waals surface area contributed by atoms with Gasteiger partial charge in [0, 0.05) is 17.7 Å². The van der Waals surface area contributed by atoms with Crippen molar-refractivity contribution in [3.05, 3.63) is 43.5 Å². The molecule has 0 amide bonds. The molecule has 0 N–H and O–H groups in total. The molecule has 82 valence electrons. The summed E-state index contributed by atoms with van der Waals surface area (Å²) in [6.45, 7) is 0. The van der Waals surface area contributed by atoms with Gasteiger partial charge in [0.25, 0.3) is 5.69 Å². The number of nitrogens with zero attached hydrogens (tertiary/aromatic N) is 2. The highest BCUT2D eigenvalue weighted by Gasteiger charge is 2.14. The van der Waals surface area contributed by atoms with Gasteiger partial charge in [-0.15, -0.1) is 0 Å². The van der Waals surface area contributed by atoms with E-state index in [0.717, 1.165) is 5.56 Å². The minimum Gasteiger partial charge on any atom is -0.347 e. The molecule has 2 rings (SSSR count). The summed E-state index contributed by atoms with van der Waals surface area (Å²) < 4.78 is 6.08. The molecule has 0 fully saturated rings. The zero-order chi connectivity index (χ0) is 11.7. The van der Waals surface area contributed by atoms with Crippen molar-refractivity contribution >= 4 is 37.5 Å². The highest BCUT2D eigenvalue weighted by molar-refractivity contribution is 9.13. The van der Waals surface area contributed by atoms with Crippen molar-refractivity contribution in [2.24, 2.45) is 0 Å². The third-order valence-electron chi connectivity index (χ3n) is 1.95. The van der Waals surface area contributed by atoms with Crippen LogP contribution in [0.2, 0.25) is 0 Å². The number of non-ortho nitro benzene ring substituents is 1. The van der Waals surface area contributed by atoms with E-state index >= 15 is 0 Å². The Morgan fingerprint density at radius 3 is 2.31 bits per heavy atom. The van der Waals surface area contributed by atoms with Gasteiger partial charge in [-0.25, -0.2) is 0 Å². The molecule has 5 nitrogen and oxygen atoms in total. The van der Waals surface area contributed by atoms with Crippen molar-refractivity contribution in [1.29, 1.82) is 0 Å². The first kappa shape index (κ1) is 11.3. The second kappa shape index (κ2) is 4.34. The third-order valence-corrected chi connectivity index (χ3v) is 3.76. The summed E-state index contributed by atoms with van der Waals surface area (Å²) in [6.07, 6.45) is 0. The van der Waals surface area contributed by atoms with Gasteiger partial charge in [-0.1, -0.05) is 5.16 Å². The molecule has 0 saturated carbocycles. The fraction of sp³-hybridized carbons (Fsp3) is 0. The summed E-state index contributed by atoms with van der Waals surface area (Å²) >= 11 is 6.46. The summed E-state index contributed by atoms with van der Waals surface area (Å²) in [7, 11) is 0. The molecule has 0 atom stereocenters. The van der Waals surface area contributed by atoms with Crippen LogP contribution in [0.1, 0.15) is 0 Å². The van der Waals surface area contributed by atoms with Gasteiger partial charge in [0.1, 0.15) is 5.69 Å². The normalized spacial score (nSPS) is 10.4. The quantitative estimate of drug-likeness (QED) is 0.612. The molecule has 7 heteroatoms. The van der Waals surface area contributed by atoms with E-state index in [0.29, 0.717) is 14.8 Å². The lowest BCUT2D eigenvalue weighted by molar-refractivity contribution is -0.384. The predicted molar refractivity (Wildman–Crippen MR) is 64.0 cm³/mol. The first-order valence-electron chi connectivity index (χ1n) is 4.15. The van der Waals surface area contributed by atoms with E-state index in [4.69, 9.17) is 4.52 Å². The van der Waals surface area contributed by atoms with E-state index < -0.39 is 4.92 Å². The van der Waals surface area contributed by atoms with Gasteiger partial charge in [0.15, 0.2) is 0 Å². The highest BCUT2D eigenvalue weighted by atomic mass is 79.9. The number of aromatic nitrogens is 1. The van der Waals surface area contributed by atoms with Crippen LogP contribution in [0, 0.1) is 10.1 Å². The first-order valence-corrected chi connectivity index (χ1v) is 5.73. The Labute approximate surface area is 107 Å². The largest absolute Gasteiger partial charge is 0.347 e. The van der Waals surface area contributed by atoms with Gasteiger partial charge in [-0.2, -0.15) is 0 Å². The molecule has 0 unspecified atom stereocenters. The molecule has 2 aromatic rings. The first-order chi connectivity index (χ1) is 7.59. The Hall–Kier alpha value is -1.21. The van der Waals surface area contributed by atoms with Crippen LogP contribution in [0.4, 0.5) is 5.69 Å². The number of rotatable bonds is 2. The second-order valence-electron chi connectivity index (χ2n) is 2.92. The van der Waals surface area contributed by atoms with E-state index in [-0.39, 0.29) is 5.69 Å². The van der Waals surface area contributed by atoms with Gasteiger partial charge in [0.2, 0.25) is 4.67 Å². The van der Waals surface area contributed by atoms with Crippen LogP contribution in [0.25, 0.3) is 11.3 Å². The molecule has 1 heterocycles. The molecule has 0 aliphatic heterocycles. The van der Waals surface area contributed by atoms with Crippen LogP contribution in [-0.2, 0) is 0 Å². The van der Waals surface area contributed by atoms with Gasteiger partial charge in [-0.3, -0.25) is 10.1 Å². The van der Waals surface area contributed by atoms with Gasteiger partial charge in [-0.05, 0) is 44.0 Å². The van der Waals surface area contributed by atoms with Crippen molar-refractivity contribution in [3.8, 4) is 11.3 Å². The Kier molecular flexibility index (Phi) is 3.06. The van der Waals surface area contributed by atoms with Gasteiger partial charge >= 0.3 is 0 Å². The smallest absolute Gasteiger partial charge is 0.269 e. The molecular formula is C9H4Br2N2O3. The summed E-state index contributed by atoms with van der Waals surface area (Å²) in [6, 6.07) is 6.08. The maximum Gasteiger partial charge on any atom is 0.269 e. The third kappa shape index (κ3) is 2.00. The van der Waals surface area contributed by atoms with Crippen LogP contribution in [0.15, 0.2) is 37.9 Å². The fourth-order valence-electron chi connectivity index (χ4n) is 1.18. The molecule has 0 radical (unpaired) electrons. The minimum atomic E-state index is -0.447. The van der Waals surface area contributed by atoms with Gasteiger partial charge < -0.3 is 4.52 Å². The van der Waals surface area contributed by atoms with E-state index in [1.807, 2.05) is 0 Å². The number of halogens is 2. The van der Waals surface area contributed by atoms with Crippen molar-refractivity contribution in [2.75, 3.05) is 0 Å². The average Bonchev–Trinajstić information content (AvgIpc) is 2.60. The SMILES string of the molecule is O=[N+]([O-])c1ccc(-c2noc(Br)c2Br)cc1. The second-order valence-corrected chi connectivity index (χ2v) is 4.44. The molecule has 1 aromatic heterocycles. The molecule has 0 spiro atoms. The Bertz CT molecular complexity index is 536. The summed E-state index contributed by atoms with van der Waals surface area (Å²) in [5, 5.41) is 14.3. The Morgan fingerprint density at radius 2 is 1.88 bits per heavy atom. The zero-order valence-corrected chi connectivity index (χ0v) is 10.9. The van der Waals surface area contributed by atoms with E-state index in [9.17, 15) is 10.1 Å². The number of nitro benzene ring substituents is 1. The standard InChI is InChI=1S/C9H4Br2N2O3/c10-7-8(12-16-9(7)11)5-1-3-6(4-2-5)13(14)15/h1-4H. The lowest BCUT2D eigenvalue weighted by Crippen LogP contribution is -1.87. The Balaban J connectivity index is 2.42. The molecule has 0 aliphatic rings. The lowest BCUT2D eigenvalue weighted by Gasteiger charge is -1.96. The maximum absolute atomic E-state index is 10.5. The van der Waals surface area contributed by atoms with Crippen molar-refractivity contribution in [1.82, 2.24) is 5.16 Å². The minimum absolute atomic E-state index is 0.0439. The number of nitro groups is 1. The number of hydrogen-bond donors (Lipinski definition) is 0. The summed E-state index contributed by atoms with van der Waals surface area (Å²) in [4.78, 5) is 10.0. The zero-order valence-electron chi connectivity index (χ0n) is 7.68. The molecule has 0 aliphatic carbocycles. The van der Waals surface area contributed by atoms with E-state index in [1.165, 1.54) is 12.1 Å². The molecule has 16 heavy (non-hydrogen) atoms. The van der Waals surface area contributed by atoms with E-state index in [2.05, 4.69) is 37.0 Å². The summed E-state index contributed by atoms with van der Waals surface area (Å²) in [5.41, 5.74) is 1.39. The Morgan fingerprint density at radius 1 is 1.25 bits per heavy atom. The highest BCUT2D eigenvalue weighted by Crippen LogP contribution is 2.33. The average molecular weight is 348 g/mol. The van der Waals surface area contributed by atoms with Crippen molar-refractivity contribution in [2.45, 2.75) is 0 Å². The molecule has 1 aromatic carbocycles. The topological polar surface area (TPSA) is 69.2 Å². The lowest BCUT2D eigenvalue weighted by atomic mass is 10.1. The fourth-order valence-corrected chi connectivity index (χ4v) is 1.81. The van der Waals surface area contributed by atoms with Crippen LogP contribution >= 0.6 is 31.9 Å². The number of hydrogen-bond acceptors (Lipinski definition) is 4. The van der Waals surface area contributed by atoms with Crippen LogP contribution in [0.5, 0.6) is 0 Å².